The maximum atomic E-state index is 5.54. The molecule has 0 amide bonds. The van der Waals surface area contributed by atoms with Gasteiger partial charge in [0.25, 0.3) is 0 Å². The number of hydrogen-bond acceptors (Lipinski definition) is 4. The summed E-state index contributed by atoms with van der Waals surface area (Å²) in [5, 5.41) is 0. The first-order valence-corrected chi connectivity index (χ1v) is 6.91. The van der Waals surface area contributed by atoms with E-state index >= 15 is 0 Å². The summed E-state index contributed by atoms with van der Waals surface area (Å²) in [6.07, 6.45) is 3.34. The minimum Gasteiger partial charge on any atom is -0.388 e. The third kappa shape index (κ3) is 3.51. The molecule has 0 unspecified atom stereocenters. The Kier molecular flexibility index (Phi) is 4.63. The van der Waals surface area contributed by atoms with Gasteiger partial charge in [-0.05, 0) is 19.4 Å². The predicted molar refractivity (Wildman–Crippen MR) is 85.7 cm³/mol. The van der Waals surface area contributed by atoms with Crippen molar-refractivity contribution in [1.29, 1.82) is 0 Å². The molecule has 0 saturated carbocycles. The van der Waals surface area contributed by atoms with E-state index < -0.39 is 0 Å². The van der Waals surface area contributed by atoms with Gasteiger partial charge in [-0.15, -0.1) is 0 Å². The summed E-state index contributed by atoms with van der Waals surface area (Å²) in [5.74, 6) is 0.823. The van der Waals surface area contributed by atoms with E-state index in [1.54, 1.807) is 12.4 Å². The topological polar surface area (TPSA) is 55.0 Å². The molecule has 4 nitrogen and oxygen atoms in total. The first-order valence-electron chi connectivity index (χ1n) is 6.50. The fourth-order valence-electron chi connectivity index (χ4n) is 1.91. The van der Waals surface area contributed by atoms with Crippen LogP contribution < -0.4 is 10.6 Å². The average Bonchev–Trinajstić information content (AvgIpc) is 2.45. The lowest BCUT2D eigenvalue weighted by Crippen LogP contribution is -2.31. The normalized spacial score (nSPS) is 10.6. The summed E-state index contributed by atoms with van der Waals surface area (Å²) in [6, 6.07) is 10.6. The number of hydrogen-bond donors (Lipinski definition) is 1. The summed E-state index contributed by atoms with van der Waals surface area (Å²) in [4.78, 5) is 11.1. The van der Waals surface area contributed by atoms with Crippen LogP contribution in [0.4, 0.5) is 5.82 Å². The monoisotopic (exact) mass is 286 g/mol. The van der Waals surface area contributed by atoms with Crippen molar-refractivity contribution in [1.82, 2.24) is 9.97 Å². The molecule has 0 bridgehead atoms. The first kappa shape index (κ1) is 14.4. The van der Waals surface area contributed by atoms with Crippen LogP contribution in [0.2, 0.25) is 0 Å². The van der Waals surface area contributed by atoms with Gasteiger partial charge in [0.2, 0.25) is 0 Å². The molecular formula is C15H18N4S. The number of rotatable bonds is 5. The quantitative estimate of drug-likeness (QED) is 0.856. The van der Waals surface area contributed by atoms with Gasteiger partial charge < -0.3 is 10.6 Å². The molecule has 0 spiro atoms. The molecule has 20 heavy (non-hydrogen) atoms. The summed E-state index contributed by atoms with van der Waals surface area (Å²) in [7, 11) is 0. The molecule has 1 aromatic carbocycles. The van der Waals surface area contributed by atoms with E-state index in [1.165, 1.54) is 5.56 Å². The molecule has 0 aliphatic carbocycles. The Labute approximate surface area is 124 Å². The highest BCUT2D eigenvalue weighted by Gasteiger charge is 2.13. The molecule has 0 saturated heterocycles. The van der Waals surface area contributed by atoms with Gasteiger partial charge in [-0.1, -0.05) is 42.5 Å². The molecular weight excluding hydrogens is 268 g/mol. The summed E-state index contributed by atoms with van der Waals surface area (Å²) >= 11 is 4.89. The molecule has 0 aliphatic heterocycles. The lowest BCUT2D eigenvalue weighted by molar-refractivity contribution is 0.670. The minimum absolute atomic E-state index is 0.267. The standard InChI is InChI=1S/C15H18N4S/c1-11(2)19(10-12-6-4-3-5-7-12)14-9-17-13(8-18-14)15(16)20/h3-9,11H,10H2,1-2H3,(H2,16,20). The molecule has 1 aromatic heterocycles. The van der Waals surface area contributed by atoms with Crippen LogP contribution in [0.5, 0.6) is 0 Å². The highest BCUT2D eigenvalue weighted by molar-refractivity contribution is 7.80. The summed E-state index contributed by atoms with van der Waals surface area (Å²) in [5.41, 5.74) is 7.32. The van der Waals surface area contributed by atoms with Gasteiger partial charge in [0.15, 0.2) is 0 Å². The van der Waals surface area contributed by atoms with Crippen LogP contribution in [0.15, 0.2) is 42.7 Å². The number of aromatic nitrogens is 2. The third-order valence-corrected chi connectivity index (χ3v) is 3.21. The van der Waals surface area contributed by atoms with Gasteiger partial charge in [0.05, 0.1) is 12.4 Å². The fourth-order valence-corrected chi connectivity index (χ4v) is 2.01. The van der Waals surface area contributed by atoms with E-state index in [1.807, 2.05) is 18.2 Å². The Morgan fingerprint density at radius 1 is 1.20 bits per heavy atom. The Hall–Kier alpha value is -2.01. The van der Waals surface area contributed by atoms with Crippen molar-refractivity contribution in [2.75, 3.05) is 4.90 Å². The number of thiocarbonyl (C=S) groups is 1. The maximum absolute atomic E-state index is 5.54. The molecule has 0 fully saturated rings. The van der Waals surface area contributed by atoms with Crippen LogP contribution in [0, 0.1) is 0 Å². The molecule has 2 rings (SSSR count). The molecule has 104 valence electrons. The van der Waals surface area contributed by atoms with Crippen molar-refractivity contribution in [3.63, 3.8) is 0 Å². The number of benzene rings is 1. The zero-order chi connectivity index (χ0) is 14.5. The molecule has 0 aliphatic rings. The molecule has 5 heteroatoms. The molecule has 1 heterocycles. The average molecular weight is 286 g/mol. The second kappa shape index (κ2) is 6.43. The van der Waals surface area contributed by atoms with Crippen molar-refractivity contribution < 1.29 is 0 Å². The van der Waals surface area contributed by atoms with E-state index in [4.69, 9.17) is 18.0 Å². The molecule has 0 atom stereocenters. The summed E-state index contributed by atoms with van der Waals surface area (Å²) in [6.45, 7) is 5.05. The number of anilines is 1. The lowest BCUT2D eigenvalue weighted by Gasteiger charge is -2.27. The molecule has 0 radical (unpaired) electrons. The Balaban J connectivity index is 2.22. The van der Waals surface area contributed by atoms with E-state index in [0.717, 1.165) is 12.4 Å². The third-order valence-electron chi connectivity index (χ3n) is 3.00. The highest BCUT2D eigenvalue weighted by Crippen LogP contribution is 2.16. The van der Waals surface area contributed by atoms with Crippen LogP contribution in [-0.4, -0.2) is 21.0 Å². The second-order valence-corrected chi connectivity index (χ2v) is 5.27. The van der Waals surface area contributed by atoms with Crippen molar-refractivity contribution in [3.8, 4) is 0 Å². The zero-order valence-electron chi connectivity index (χ0n) is 11.7. The van der Waals surface area contributed by atoms with Crippen molar-refractivity contribution in [3.05, 3.63) is 54.0 Å². The minimum atomic E-state index is 0.267. The van der Waals surface area contributed by atoms with Crippen molar-refractivity contribution in [2.24, 2.45) is 5.73 Å². The number of nitrogens with two attached hydrogens (primary N) is 1. The van der Waals surface area contributed by atoms with Gasteiger partial charge in [0, 0.05) is 12.6 Å². The van der Waals surface area contributed by atoms with E-state index in [-0.39, 0.29) is 4.99 Å². The van der Waals surface area contributed by atoms with E-state index in [0.29, 0.717) is 11.7 Å². The largest absolute Gasteiger partial charge is 0.388 e. The second-order valence-electron chi connectivity index (χ2n) is 4.83. The number of nitrogens with zero attached hydrogens (tertiary/aromatic N) is 3. The van der Waals surface area contributed by atoms with Crippen molar-refractivity contribution in [2.45, 2.75) is 26.4 Å². The maximum Gasteiger partial charge on any atom is 0.147 e. The smallest absolute Gasteiger partial charge is 0.147 e. The van der Waals surface area contributed by atoms with E-state index in [2.05, 4.69) is 40.8 Å². The SMILES string of the molecule is CC(C)N(Cc1ccccc1)c1cnc(C(N)=S)cn1. The van der Waals surface area contributed by atoms with Crippen LogP contribution >= 0.6 is 12.2 Å². The summed E-state index contributed by atoms with van der Waals surface area (Å²) < 4.78 is 0. The fraction of sp³-hybridized carbons (Fsp3) is 0.267. The first-order chi connectivity index (χ1) is 9.58. The van der Waals surface area contributed by atoms with Gasteiger partial charge in [-0.2, -0.15) is 0 Å². The van der Waals surface area contributed by atoms with Gasteiger partial charge in [-0.25, -0.2) is 9.97 Å². The van der Waals surface area contributed by atoms with Crippen LogP contribution in [0.1, 0.15) is 25.1 Å². The van der Waals surface area contributed by atoms with Crippen LogP contribution in [0.3, 0.4) is 0 Å². The Morgan fingerprint density at radius 2 is 1.90 bits per heavy atom. The zero-order valence-corrected chi connectivity index (χ0v) is 12.5. The van der Waals surface area contributed by atoms with Gasteiger partial charge in [-0.3, -0.25) is 0 Å². The molecule has 2 N–H and O–H groups in total. The van der Waals surface area contributed by atoms with Crippen LogP contribution in [0.25, 0.3) is 0 Å². The Bertz CT molecular complexity index is 566. The van der Waals surface area contributed by atoms with Crippen molar-refractivity contribution >= 4 is 23.0 Å². The van der Waals surface area contributed by atoms with Gasteiger partial charge >= 0.3 is 0 Å². The highest BCUT2D eigenvalue weighted by atomic mass is 32.1. The predicted octanol–water partition coefficient (Wildman–Crippen LogP) is 2.53. The van der Waals surface area contributed by atoms with Crippen LogP contribution in [-0.2, 0) is 6.54 Å². The lowest BCUT2D eigenvalue weighted by atomic mass is 10.2. The molecule has 2 aromatic rings. The Morgan fingerprint density at radius 3 is 2.40 bits per heavy atom. The van der Waals surface area contributed by atoms with Gasteiger partial charge in [0.1, 0.15) is 16.5 Å². The van der Waals surface area contributed by atoms with E-state index in [9.17, 15) is 0 Å².